The fourth-order valence-corrected chi connectivity index (χ4v) is 4.07. The molecule has 0 unspecified atom stereocenters. The smallest absolute Gasteiger partial charge is 0.325 e. The highest BCUT2D eigenvalue weighted by Crippen LogP contribution is 2.30. The highest BCUT2D eigenvalue weighted by atomic mass is 32.1. The average molecular weight is 388 g/mol. The zero-order chi connectivity index (χ0) is 19.1. The summed E-state index contributed by atoms with van der Waals surface area (Å²) in [6, 6.07) is 0. The number of H-pyrrole nitrogens is 1. The molecule has 0 aliphatic carbocycles. The van der Waals surface area contributed by atoms with Gasteiger partial charge in [-0.15, -0.1) is 11.3 Å². The van der Waals surface area contributed by atoms with Crippen LogP contribution in [0, 0.1) is 5.41 Å². The number of hydrogen-bond donors (Lipinski definition) is 3. The molecule has 4 N–H and O–H groups in total. The monoisotopic (exact) mass is 388 g/mol. The number of fused-ring (bicyclic) bond motifs is 3. The van der Waals surface area contributed by atoms with Gasteiger partial charge in [-0.3, -0.25) is 9.36 Å². The zero-order valence-corrected chi connectivity index (χ0v) is 15.2. The third-order valence-corrected chi connectivity index (χ3v) is 5.29. The van der Waals surface area contributed by atoms with Gasteiger partial charge >= 0.3 is 5.69 Å². The van der Waals surface area contributed by atoms with E-state index in [9.17, 15) is 9.59 Å². The number of aromatic amines is 1. The van der Waals surface area contributed by atoms with Crippen molar-refractivity contribution in [2.45, 2.75) is 13.1 Å². The lowest BCUT2D eigenvalue weighted by Gasteiger charge is -2.05. The van der Waals surface area contributed by atoms with Crippen LogP contribution in [0.4, 0.5) is 0 Å². The summed E-state index contributed by atoms with van der Waals surface area (Å²) in [5.41, 5.74) is 6.85. The molecule has 0 atom stereocenters. The van der Waals surface area contributed by atoms with Gasteiger partial charge in [0.2, 0.25) is 0 Å². The average Bonchev–Trinajstić information content (AvgIpc) is 3.29. The molecule has 4 aromatic rings. The van der Waals surface area contributed by atoms with Crippen molar-refractivity contribution in [2.24, 2.45) is 12.8 Å². The third-order valence-electron chi connectivity index (χ3n) is 4.23. The van der Waals surface area contributed by atoms with E-state index in [0.717, 1.165) is 15.9 Å². The largest absolute Gasteiger partial charge is 0.400 e. The molecule has 11 heteroatoms. The summed E-state index contributed by atoms with van der Waals surface area (Å²) in [7, 11) is 1.78. The Hall–Kier alpha value is -3.47. The number of rotatable bonds is 5. The van der Waals surface area contributed by atoms with Crippen LogP contribution in [-0.4, -0.2) is 35.1 Å². The van der Waals surface area contributed by atoms with Gasteiger partial charge in [-0.1, -0.05) is 0 Å². The van der Waals surface area contributed by atoms with Crippen molar-refractivity contribution in [1.82, 2.24) is 28.9 Å². The van der Waals surface area contributed by atoms with Crippen LogP contribution in [-0.2, 0) is 20.1 Å². The van der Waals surface area contributed by atoms with E-state index in [1.165, 1.54) is 26.7 Å². The molecular weight excluding hydrogens is 368 g/mol. The Morgan fingerprint density at radius 1 is 1.48 bits per heavy atom. The number of allylic oxidation sites excluding steroid dienone is 2. The molecule has 0 bridgehead atoms. The summed E-state index contributed by atoms with van der Waals surface area (Å²) < 4.78 is 5.39. The molecule has 0 radical (unpaired) electrons. The summed E-state index contributed by atoms with van der Waals surface area (Å²) >= 11 is 1.43. The SMILES string of the molecule is Cn1c2nc(Cn3cc[nH]c3=O)sc2c2cnn(C/C(N)=C/C=N)c(=O)c21.[HH].[HH]. The summed E-state index contributed by atoms with van der Waals surface area (Å²) in [6.07, 6.45) is 7.35. The summed E-state index contributed by atoms with van der Waals surface area (Å²) in [6.45, 7) is 0.469. The first-order chi connectivity index (χ1) is 13.0. The van der Waals surface area contributed by atoms with Gasteiger partial charge in [0.1, 0.15) is 10.5 Å². The van der Waals surface area contributed by atoms with Crippen LogP contribution in [0.25, 0.3) is 21.3 Å². The number of aryl methyl sites for hydroxylation is 1. The van der Waals surface area contributed by atoms with Crippen molar-refractivity contribution < 1.29 is 2.85 Å². The standard InChI is InChI=1S/C16H16N8O2S.2H2/c1-22-12-10(6-20-24(15(12)25)7-9(18)2-3-17)13-14(22)21-11(27-13)8-23-5-4-19-16(23)26;;/h2-6,17H,7-8,18H2,1H3,(H,19,26);2*1H/b9-2-,17-3?;;. The molecule has 0 aliphatic rings. The minimum absolute atomic E-state index is 0. The van der Waals surface area contributed by atoms with Gasteiger partial charge in [0.25, 0.3) is 5.56 Å². The first-order valence-corrected chi connectivity index (χ1v) is 8.84. The highest BCUT2D eigenvalue weighted by Gasteiger charge is 2.18. The summed E-state index contributed by atoms with van der Waals surface area (Å²) in [5.74, 6) is 0. The van der Waals surface area contributed by atoms with Gasteiger partial charge < -0.3 is 20.7 Å². The predicted molar refractivity (Wildman–Crippen MR) is 108 cm³/mol. The number of nitrogens with one attached hydrogen (secondary N) is 2. The van der Waals surface area contributed by atoms with E-state index in [0.29, 0.717) is 28.8 Å². The predicted octanol–water partition coefficient (Wildman–Crippen LogP) is 0.867. The lowest BCUT2D eigenvalue weighted by atomic mass is 10.3. The third kappa shape index (κ3) is 2.77. The van der Waals surface area contributed by atoms with Crippen LogP contribution in [0.1, 0.15) is 7.86 Å². The Bertz CT molecular complexity index is 1330. The van der Waals surface area contributed by atoms with E-state index < -0.39 is 0 Å². The molecule has 27 heavy (non-hydrogen) atoms. The van der Waals surface area contributed by atoms with Crippen molar-refractivity contribution in [2.75, 3.05) is 0 Å². The molecule has 4 heterocycles. The molecule has 142 valence electrons. The molecule has 4 aromatic heterocycles. The first kappa shape index (κ1) is 17.0. The zero-order valence-electron chi connectivity index (χ0n) is 14.3. The minimum Gasteiger partial charge on any atom is -0.400 e. The topological polar surface area (TPSA) is 140 Å². The van der Waals surface area contributed by atoms with Crippen LogP contribution >= 0.6 is 11.3 Å². The van der Waals surface area contributed by atoms with Gasteiger partial charge in [-0.2, -0.15) is 5.10 Å². The number of hydrogen-bond acceptors (Lipinski definition) is 7. The van der Waals surface area contributed by atoms with E-state index in [4.69, 9.17) is 11.1 Å². The van der Waals surface area contributed by atoms with E-state index in [1.807, 2.05) is 0 Å². The van der Waals surface area contributed by atoms with Gasteiger partial charge in [0.05, 0.1) is 24.0 Å². The van der Waals surface area contributed by atoms with Gasteiger partial charge in [0, 0.05) is 39.6 Å². The van der Waals surface area contributed by atoms with Crippen LogP contribution < -0.4 is 17.0 Å². The van der Waals surface area contributed by atoms with Crippen molar-refractivity contribution in [3.63, 3.8) is 0 Å². The fourth-order valence-electron chi connectivity index (χ4n) is 2.96. The number of imidazole rings is 1. The van der Waals surface area contributed by atoms with E-state index in [-0.39, 0.29) is 20.6 Å². The molecule has 0 saturated heterocycles. The first-order valence-electron chi connectivity index (χ1n) is 8.02. The second-order valence-electron chi connectivity index (χ2n) is 5.99. The lowest BCUT2D eigenvalue weighted by molar-refractivity contribution is 0.632. The van der Waals surface area contributed by atoms with Crippen LogP contribution in [0.3, 0.4) is 0 Å². The Labute approximate surface area is 158 Å². The lowest BCUT2D eigenvalue weighted by Crippen LogP contribution is -2.26. The number of thiazole rings is 1. The van der Waals surface area contributed by atoms with Crippen LogP contribution in [0.15, 0.2) is 40.0 Å². The summed E-state index contributed by atoms with van der Waals surface area (Å²) in [4.78, 5) is 31.7. The fraction of sp³-hybridized carbons (Fsp3) is 0.188. The maximum absolute atomic E-state index is 12.8. The van der Waals surface area contributed by atoms with E-state index in [2.05, 4.69) is 15.1 Å². The molecule has 0 saturated carbocycles. The van der Waals surface area contributed by atoms with Gasteiger partial charge in [-0.05, 0) is 6.08 Å². The Kier molecular flexibility index (Phi) is 4.00. The number of aromatic nitrogens is 6. The quantitative estimate of drug-likeness (QED) is 0.435. The maximum atomic E-state index is 12.8. The van der Waals surface area contributed by atoms with E-state index in [1.54, 1.807) is 30.2 Å². The van der Waals surface area contributed by atoms with Gasteiger partial charge in [0.15, 0.2) is 5.65 Å². The van der Waals surface area contributed by atoms with Crippen molar-refractivity contribution in [3.05, 3.63) is 56.2 Å². The molecule has 0 spiro atoms. The molecular formula is C16H20N8O2S. The Morgan fingerprint density at radius 2 is 2.30 bits per heavy atom. The van der Waals surface area contributed by atoms with Crippen LogP contribution in [0.2, 0.25) is 0 Å². The number of nitrogens with two attached hydrogens (primary N) is 1. The minimum atomic E-state index is -0.273. The Balaban J connectivity index is 0.00000150. The summed E-state index contributed by atoms with van der Waals surface area (Å²) in [5, 5.41) is 12.7. The highest BCUT2D eigenvalue weighted by molar-refractivity contribution is 7.19. The molecule has 0 amide bonds. The molecule has 0 aliphatic heterocycles. The molecule has 0 fully saturated rings. The second-order valence-corrected chi connectivity index (χ2v) is 7.07. The molecule has 4 rings (SSSR count). The van der Waals surface area contributed by atoms with Crippen molar-refractivity contribution >= 4 is 38.8 Å². The number of nitrogens with zero attached hydrogens (tertiary/aromatic N) is 5. The van der Waals surface area contributed by atoms with Crippen LogP contribution in [0.5, 0.6) is 0 Å². The van der Waals surface area contributed by atoms with Crippen molar-refractivity contribution in [3.8, 4) is 0 Å². The molecule has 10 nitrogen and oxygen atoms in total. The van der Waals surface area contributed by atoms with E-state index >= 15 is 0 Å². The van der Waals surface area contributed by atoms with Crippen molar-refractivity contribution in [1.29, 1.82) is 5.41 Å². The maximum Gasteiger partial charge on any atom is 0.325 e. The Morgan fingerprint density at radius 3 is 3.00 bits per heavy atom. The molecule has 0 aromatic carbocycles. The normalized spacial score (nSPS) is 12.3. The van der Waals surface area contributed by atoms with Gasteiger partial charge in [-0.25, -0.2) is 14.5 Å². The second kappa shape index (κ2) is 6.36.